The zero-order valence-electron chi connectivity index (χ0n) is 14.4. The molecule has 0 fully saturated rings. The number of aromatic amines is 1. The van der Waals surface area contributed by atoms with Gasteiger partial charge in [0, 0.05) is 24.5 Å². The highest BCUT2D eigenvalue weighted by atomic mass is 35.5. The summed E-state index contributed by atoms with van der Waals surface area (Å²) in [5.41, 5.74) is 2.55. The van der Waals surface area contributed by atoms with Crippen molar-refractivity contribution in [1.82, 2.24) is 20.3 Å². The number of carbonyl (C=O) groups is 1. The highest BCUT2D eigenvalue weighted by molar-refractivity contribution is 6.35. The second-order valence-corrected chi connectivity index (χ2v) is 6.44. The van der Waals surface area contributed by atoms with Crippen LogP contribution in [0.2, 0.25) is 5.02 Å². The number of aromatic nitrogens is 3. The number of carbonyl (C=O) groups excluding carboxylic acids is 1. The van der Waals surface area contributed by atoms with Gasteiger partial charge in [0.05, 0.1) is 16.1 Å². The van der Waals surface area contributed by atoms with Crippen molar-refractivity contribution in [3.8, 4) is 5.75 Å². The lowest BCUT2D eigenvalue weighted by Gasteiger charge is -2.09. The molecule has 7 heteroatoms. The highest BCUT2D eigenvalue weighted by Crippen LogP contribution is 2.29. The van der Waals surface area contributed by atoms with Gasteiger partial charge in [-0.2, -0.15) is 0 Å². The molecule has 4 aromatic rings. The van der Waals surface area contributed by atoms with Crippen LogP contribution in [0.3, 0.4) is 0 Å². The maximum absolute atomic E-state index is 12.1. The van der Waals surface area contributed by atoms with Crippen LogP contribution in [-0.4, -0.2) is 34.0 Å². The largest absolute Gasteiger partial charge is 0.481 e. The average Bonchev–Trinajstić information content (AvgIpc) is 3.10. The van der Waals surface area contributed by atoms with Crippen LogP contribution >= 0.6 is 11.6 Å². The number of nitrogens with one attached hydrogen (secondary N) is 2. The number of hydrogen-bond donors (Lipinski definition) is 2. The molecule has 0 saturated carbocycles. The van der Waals surface area contributed by atoms with E-state index in [1.807, 2.05) is 36.4 Å². The zero-order valence-corrected chi connectivity index (χ0v) is 15.2. The van der Waals surface area contributed by atoms with E-state index in [0.717, 1.165) is 22.2 Å². The molecule has 2 heterocycles. The van der Waals surface area contributed by atoms with Gasteiger partial charge < -0.3 is 15.0 Å². The Morgan fingerprint density at radius 2 is 2.04 bits per heavy atom. The number of benzene rings is 2. The molecule has 2 aromatic carbocycles. The quantitative estimate of drug-likeness (QED) is 0.536. The van der Waals surface area contributed by atoms with Crippen molar-refractivity contribution in [2.45, 2.75) is 6.42 Å². The monoisotopic (exact) mass is 380 g/mol. The molecule has 27 heavy (non-hydrogen) atoms. The lowest BCUT2D eigenvalue weighted by molar-refractivity contribution is -0.123. The summed E-state index contributed by atoms with van der Waals surface area (Å²) in [6.45, 7) is 0.384. The summed E-state index contributed by atoms with van der Waals surface area (Å²) in [6, 6.07) is 15.0. The average molecular weight is 381 g/mol. The minimum atomic E-state index is -0.204. The van der Waals surface area contributed by atoms with Gasteiger partial charge in [-0.3, -0.25) is 9.78 Å². The molecule has 136 valence electrons. The van der Waals surface area contributed by atoms with Crippen LogP contribution in [0.5, 0.6) is 5.75 Å². The lowest BCUT2D eigenvalue weighted by atomic mass is 10.2. The third-order valence-corrected chi connectivity index (χ3v) is 4.49. The van der Waals surface area contributed by atoms with Crippen LogP contribution in [0, 0.1) is 0 Å². The van der Waals surface area contributed by atoms with Crippen molar-refractivity contribution in [2.75, 3.05) is 13.2 Å². The van der Waals surface area contributed by atoms with Gasteiger partial charge in [0.25, 0.3) is 5.91 Å². The molecule has 0 aliphatic carbocycles. The fraction of sp³-hybridized carbons (Fsp3) is 0.150. The molecule has 0 bridgehead atoms. The Kier molecular flexibility index (Phi) is 4.89. The number of H-pyrrole nitrogens is 1. The second-order valence-electron chi connectivity index (χ2n) is 6.03. The fourth-order valence-corrected chi connectivity index (χ4v) is 3.08. The van der Waals surface area contributed by atoms with Gasteiger partial charge in [-0.1, -0.05) is 23.7 Å². The number of ether oxygens (including phenoxy) is 1. The first-order valence-corrected chi connectivity index (χ1v) is 8.95. The van der Waals surface area contributed by atoms with Gasteiger partial charge in [0.1, 0.15) is 17.1 Å². The number of halogens is 1. The Bertz CT molecular complexity index is 1080. The van der Waals surface area contributed by atoms with E-state index in [-0.39, 0.29) is 12.5 Å². The Hall–Kier alpha value is -3.12. The summed E-state index contributed by atoms with van der Waals surface area (Å²) in [7, 11) is 0. The third kappa shape index (κ3) is 3.85. The normalized spacial score (nSPS) is 11.0. The molecule has 2 N–H and O–H groups in total. The van der Waals surface area contributed by atoms with Crippen LogP contribution in [0.25, 0.3) is 21.9 Å². The molecule has 0 atom stereocenters. The maximum atomic E-state index is 12.1. The van der Waals surface area contributed by atoms with Gasteiger partial charge in [-0.25, -0.2) is 4.98 Å². The van der Waals surface area contributed by atoms with Crippen LogP contribution in [0.1, 0.15) is 5.82 Å². The molecule has 0 spiro atoms. The van der Waals surface area contributed by atoms with E-state index >= 15 is 0 Å². The summed E-state index contributed by atoms with van der Waals surface area (Å²) in [5.74, 6) is 1.16. The second kappa shape index (κ2) is 7.63. The summed E-state index contributed by atoms with van der Waals surface area (Å²) < 4.78 is 5.63. The van der Waals surface area contributed by atoms with Crippen molar-refractivity contribution in [2.24, 2.45) is 0 Å². The molecule has 4 rings (SSSR count). The summed E-state index contributed by atoms with van der Waals surface area (Å²) in [4.78, 5) is 24.1. The molecule has 6 nitrogen and oxygen atoms in total. The predicted molar refractivity (Wildman–Crippen MR) is 105 cm³/mol. The fourth-order valence-electron chi connectivity index (χ4n) is 2.87. The Morgan fingerprint density at radius 1 is 1.15 bits per heavy atom. The molecule has 0 unspecified atom stereocenters. The number of para-hydroxylation sites is 2. The van der Waals surface area contributed by atoms with Gasteiger partial charge in [0.2, 0.25) is 0 Å². The van der Waals surface area contributed by atoms with Crippen molar-refractivity contribution in [3.63, 3.8) is 0 Å². The van der Waals surface area contributed by atoms with Crippen LogP contribution in [0.15, 0.2) is 54.7 Å². The number of hydrogen-bond acceptors (Lipinski definition) is 4. The number of fused-ring (bicyclic) bond motifs is 2. The molecule has 0 radical (unpaired) electrons. The van der Waals surface area contributed by atoms with Crippen molar-refractivity contribution >= 4 is 39.4 Å². The lowest BCUT2D eigenvalue weighted by Crippen LogP contribution is -2.30. The molecule has 0 saturated heterocycles. The summed E-state index contributed by atoms with van der Waals surface area (Å²) in [6.07, 6.45) is 2.28. The number of amides is 1. The minimum Gasteiger partial charge on any atom is -0.481 e. The van der Waals surface area contributed by atoms with E-state index in [1.54, 1.807) is 18.3 Å². The van der Waals surface area contributed by atoms with Crippen molar-refractivity contribution < 1.29 is 9.53 Å². The molecular weight excluding hydrogens is 364 g/mol. The summed E-state index contributed by atoms with van der Waals surface area (Å²) in [5, 5.41) is 4.23. The molecule has 1 amide bonds. The third-order valence-electron chi connectivity index (χ3n) is 4.16. The molecule has 2 aromatic heterocycles. The van der Waals surface area contributed by atoms with Crippen LogP contribution in [-0.2, 0) is 11.2 Å². The summed E-state index contributed by atoms with van der Waals surface area (Å²) >= 11 is 6.16. The Balaban J connectivity index is 1.32. The van der Waals surface area contributed by atoms with E-state index in [0.29, 0.717) is 29.3 Å². The topological polar surface area (TPSA) is 79.9 Å². The van der Waals surface area contributed by atoms with E-state index in [1.165, 1.54) is 0 Å². The smallest absolute Gasteiger partial charge is 0.257 e. The van der Waals surface area contributed by atoms with Gasteiger partial charge in [0.15, 0.2) is 6.61 Å². The van der Waals surface area contributed by atoms with Gasteiger partial charge >= 0.3 is 0 Å². The maximum Gasteiger partial charge on any atom is 0.257 e. The van der Waals surface area contributed by atoms with Crippen LogP contribution < -0.4 is 10.1 Å². The van der Waals surface area contributed by atoms with E-state index in [2.05, 4.69) is 20.3 Å². The van der Waals surface area contributed by atoms with Gasteiger partial charge in [-0.05, 0) is 36.4 Å². The number of pyridine rings is 1. The predicted octanol–water partition coefficient (Wildman–Crippen LogP) is 3.50. The molecular formula is C20H17ClN4O2. The van der Waals surface area contributed by atoms with Crippen LogP contribution in [0.4, 0.5) is 0 Å². The zero-order chi connectivity index (χ0) is 18.6. The number of imidazole rings is 1. The SMILES string of the molecule is O=C(COc1ccc(Cl)c2cccnc12)NCCc1nc2ccccc2[nH]1. The van der Waals surface area contributed by atoms with Crippen molar-refractivity contribution in [1.29, 1.82) is 0 Å². The minimum absolute atomic E-state index is 0.0898. The standard InChI is InChI=1S/C20H17ClN4O2/c21-14-7-8-17(20-13(14)4-3-10-23-20)27-12-19(26)22-11-9-18-24-15-5-1-2-6-16(15)25-18/h1-8,10H,9,11-12H2,(H,22,26)(H,24,25). The Morgan fingerprint density at radius 3 is 2.93 bits per heavy atom. The first kappa shape index (κ1) is 17.3. The highest BCUT2D eigenvalue weighted by Gasteiger charge is 2.09. The first-order valence-electron chi connectivity index (χ1n) is 8.57. The number of nitrogens with zero attached hydrogens (tertiary/aromatic N) is 2. The van der Waals surface area contributed by atoms with Gasteiger partial charge in [-0.15, -0.1) is 0 Å². The van der Waals surface area contributed by atoms with E-state index < -0.39 is 0 Å². The Labute approximate surface area is 160 Å². The van der Waals surface area contributed by atoms with E-state index in [4.69, 9.17) is 16.3 Å². The van der Waals surface area contributed by atoms with E-state index in [9.17, 15) is 4.79 Å². The van der Waals surface area contributed by atoms with Crippen molar-refractivity contribution in [3.05, 3.63) is 65.6 Å². The number of rotatable bonds is 6. The first-order chi connectivity index (χ1) is 13.2. The molecule has 0 aliphatic heterocycles. The molecule has 0 aliphatic rings.